The Morgan fingerprint density at radius 1 is 0.900 bits per heavy atom. The van der Waals surface area contributed by atoms with Crippen molar-refractivity contribution in [3.63, 3.8) is 0 Å². The maximum absolute atomic E-state index is 12.9. The molecule has 0 fully saturated rings. The third-order valence-electron chi connectivity index (χ3n) is 4.97. The van der Waals surface area contributed by atoms with Gasteiger partial charge in [0.25, 0.3) is 11.8 Å². The number of para-hydroxylation sites is 1. The molecule has 0 unspecified atom stereocenters. The van der Waals surface area contributed by atoms with E-state index < -0.39 is 0 Å². The Morgan fingerprint density at radius 2 is 1.43 bits per heavy atom. The normalized spacial score (nSPS) is 12.1. The second-order valence-corrected chi connectivity index (χ2v) is 7.83. The largest absolute Gasteiger partial charge is 0.344 e. The van der Waals surface area contributed by atoms with Crippen molar-refractivity contribution in [3.05, 3.63) is 64.7 Å². The first-order valence-electron chi connectivity index (χ1n) is 9.89. The number of amides is 2. The lowest BCUT2D eigenvalue weighted by molar-refractivity contribution is 0.0916. The molecule has 1 atom stereocenters. The molecule has 0 radical (unpaired) electrons. The summed E-state index contributed by atoms with van der Waals surface area (Å²) in [5.74, 6) is -0.359. The minimum Gasteiger partial charge on any atom is -0.344 e. The first-order chi connectivity index (χ1) is 14.2. The number of nitrogens with zero attached hydrogens (tertiary/aromatic N) is 4. The molecule has 0 spiro atoms. The lowest BCUT2D eigenvalue weighted by Crippen LogP contribution is -2.33. The third-order valence-corrected chi connectivity index (χ3v) is 4.97. The SMILES string of the molecule is Cc1cc(C(=O)Nc2ccccc2[C@@H](NC(=O)c2cc(C)nn2C)C(C)C)n(C)n1. The Morgan fingerprint density at radius 3 is 1.93 bits per heavy atom. The van der Waals surface area contributed by atoms with Gasteiger partial charge < -0.3 is 10.6 Å². The van der Waals surface area contributed by atoms with Gasteiger partial charge in [-0.2, -0.15) is 10.2 Å². The van der Waals surface area contributed by atoms with Crippen molar-refractivity contribution in [2.24, 2.45) is 20.0 Å². The number of carbonyl (C=O) groups excluding carboxylic acids is 2. The van der Waals surface area contributed by atoms with E-state index in [0.717, 1.165) is 17.0 Å². The fourth-order valence-corrected chi connectivity index (χ4v) is 3.53. The fourth-order valence-electron chi connectivity index (χ4n) is 3.53. The van der Waals surface area contributed by atoms with E-state index in [2.05, 4.69) is 20.8 Å². The van der Waals surface area contributed by atoms with Crippen LogP contribution in [0, 0.1) is 19.8 Å². The number of nitrogens with one attached hydrogen (secondary N) is 2. The monoisotopic (exact) mass is 408 g/mol. The summed E-state index contributed by atoms with van der Waals surface area (Å²) < 4.78 is 3.13. The standard InChI is InChI=1S/C22H28N6O2/c1-13(2)20(24-22(30)19-12-15(4)26-28(19)6)16-9-7-8-10-17(16)23-21(29)18-11-14(3)25-27(18)5/h7-13,20H,1-6H3,(H,23,29)(H,24,30)/t20-/m0/s1. The van der Waals surface area contributed by atoms with Gasteiger partial charge in [0.15, 0.2) is 0 Å². The van der Waals surface area contributed by atoms with Crippen LogP contribution in [0.4, 0.5) is 5.69 Å². The van der Waals surface area contributed by atoms with E-state index in [9.17, 15) is 9.59 Å². The minimum absolute atomic E-state index is 0.0975. The van der Waals surface area contributed by atoms with Crippen LogP contribution in [0.15, 0.2) is 36.4 Å². The van der Waals surface area contributed by atoms with E-state index in [4.69, 9.17) is 0 Å². The highest BCUT2D eigenvalue weighted by atomic mass is 16.2. The number of hydrogen-bond donors (Lipinski definition) is 2. The van der Waals surface area contributed by atoms with Gasteiger partial charge in [0.2, 0.25) is 0 Å². The maximum Gasteiger partial charge on any atom is 0.273 e. The molecule has 0 aliphatic rings. The van der Waals surface area contributed by atoms with Crippen molar-refractivity contribution in [2.45, 2.75) is 33.7 Å². The zero-order valence-corrected chi connectivity index (χ0v) is 18.2. The van der Waals surface area contributed by atoms with Crippen LogP contribution >= 0.6 is 0 Å². The summed E-state index contributed by atoms with van der Waals surface area (Å²) in [4.78, 5) is 25.7. The second kappa shape index (κ2) is 8.52. The van der Waals surface area contributed by atoms with Gasteiger partial charge >= 0.3 is 0 Å². The molecule has 2 heterocycles. The quantitative estimate of drug-likeness (QED) is 0.655. The predicted molar refractivity (Wildman–Crippen MR) is 115 cm³/mol. The molecule has 0 bridgehead atoms. The first kappa shape index (κ1) is 21.3. The molecular formula is C22H28N6O2. The van der Waals surface area contributed by atoms with E-state index in [1.807, 2.05) is 52.0 Å². The molecule has 3 rings (SSSR count). The van der Waals surface area contributed by atoms with Crippen LogP contribution in [0.5, 0.6) is 0 Å². The summed E-state index contributed by atoms with van der Waals surface area (Å²) in [5, 5.41) is 14.6. The first-order valence-corrected chi connectivity index (χ1v) is 9.89. The molecule has 1 aromatic carbocycles. The number of benzene rings is 1. The third kappa shape index (κ3) is 4.42. The van der Waals surface area contributed by atoms with Gasteiger partial charge in [-0.05, 0) is 43.5 Å². The van der Waals surface area contributed by atoms with Gasteiger partial charge in [-0.3, -0.25) is 19.0 Å². The number of aromatic nitrogens is 4. The van der Waals surface area contributed by atoms with Gasteiger partial charge in [-0.25, -0.2) is 0 Å². The summed E-state index contributed by atoms with van der Waals surface area (Å²) in [6.07, 6.45) is 0. The van der Waals surface area contributed by atoms with Crippen LogP contribution in [-0.4, -0.2) is 31.4 Å². The zero-order valence-electron chi connectivity index (χ0n) is 18.2. The second-order valence-electron chi connectivity index (χ2n) is 7.83. The van der Waals surface area contributed by atoms with Gasteiger partial charge in [0.1, 0.15) is 11.4 Å². The molecule has 3 aromatic rings. The maximum atomic E-state index is 12.9. The molecule has 2 aromatic heterocycles. The van der Waals surface area contributed by atoms with Crippen LogP contribution in [0.2, 0.25) is 0 Å². The Kier molecular flexibility index (Phi) is 6.05. The number of rotatable bonds is 6. The van der Waals surface area contributed by atoms with Gasteiger partial charge in [-0.1, -0.05) is 32.0 Å². The smallest absolute Gasteiger partial charge is 0.273 e. The molecule has 158 valence electrons. The van der Waals surface area contributed by atoms with E-state index >= 15 is 0 Å². The highest BCUT2D eigenvalue weighted by Crippen LogP contribution is 2.29. The lowest BCUT2D eigenvalue weighted by atomic mass is 9.94. The van der Waals surface area contributed by atoms with Crippen LogP contribution in [0.1, 0.15) is 57.8 Å². The van der Waals surface area contributed by atoms with E-state index in [1.165, 1.54) is 0 Å². The molecular weight excluding hydrogens is 380 g/mol. The van der Waals surface area contributed by atoms with Crippen LogP contribution in [0.25, 0.3) is 0 Å². The molecule has 0 saturated carbocycles. The fraction of sp³-hybridized carbons (Fsp3) is 0.364. The van der Waals surface area contributed by atoms with Crippen LogP contribution < -0.4 is 10.6 Å². The molecule has 8 nitrogen and oxygen atoms in total. The van der Waals surface area contributed by atoms with Crippen molar-refractivity contribution in [1.29, 1.82) is 0 Å². The average molecular weight is 409 g/mol. The topological polar surface area (TPSA) is 93.8 Å². The molecule has 8 heteroatoms. The summed E-state index contributed by atoms with van der Waals surface area (Å²) in [7, 11) is 3.48. The highest BCUT2D eigenvalue weighted by Gasteiger charge is 2.24. The van der Waals surface area contributed by atoms with Crippen LogP contribution in [0.3, 0.4) is 0 Å². The number of anilines is 1. The molecule has 0 aliphatic carbocycles. The predicted octanol–water partition coefficient (Wildman–Crippen LogP) is 3.15. The van der Waals surface area contributed by atoms with E-state index in [-0.39, 0.29) is 23.8 Å². The molecule has 30 heavy (non-hydrogen) atoms. The van der Waals surface area contributed by atoms with Gasteiger partial charge in [0, 0.05) is 19.8 Å². The molecule has 2 N–H and O–H groups in total. The molecule has 0 aliphatic heterocycles. The summed E-state index contributed by atoms with van der Waals surface area (Å²) in [6.45, 7) is 7.75. The lowest BCUT2D eigenvalue weighted by Gasteiger charge is -2.25. The summed E-state index contributed by atoms with van der Waals surface area (Å²) >= 11 is 0. The van der Waals surface area contributed by atoms with Crippen molar-refractivity contribution >= 4 is 17.5 Å². The zero-order chi connectivity index (χ0) is 22.0. The Bertz CT molecular complexity index is 1080. The Balaban J connectivity index is 1.89. The van der Waals surface area contributed by atoms with Crippen molar-refractivity contribution in [1.82, 2.24) is 24.9 Å². The summed E-state index contributed by atoms with van der Waals surface area (Å²) in [6, 6.07) is 10.7. The number of aryl methyl sites for hydroxylation is 4. The number of carbonyl (C=O) groups is 2. The Hall–Kier alpha value is -3.42. The minimum atomic E-state index is -0.294. The van der Waals surface area contributed by atoms with Crippen molar-refractivity contribution in [3.8, 4) is 0 Å². The highest BCUT2D eigenvalue weighted by molar-refractivity contribution is 6.03. The van der Waals surface area contributed by atoms with Gasteiger partial charge in [0.05, 0.1) is 17.4 Å². The molecule has 2 amide bonds. The van der Waals surface area contributed by atoms with Crippen molar-refractivity contribution in [2.75, 3.05) is 5.32 Å². The number of hydrogen-bond acceptors (Lipinski definition) is 4. The average Bonchev–Trinajstić information content (AvgIpc) is 3.20. The summed E-state index contributed by atoms with van der Waals surface area (Å²) in [5.41, 5.74) is 4.01. The molecule has 0 saturated heterocycles. The van der Waals surface area contributed by atoms with Crippen LogP contribution in [-0.2, 0) is 14.1 Å². The van der Waals surface area contributed by atoms with Gasteiger partial charge in [-0.15, -0.1) is 0 Å². The Labute approximate surface area is 176 Å². The van der Waals surface area contributed by atoms with E-state index in [1.54, 1.807) is 35.6 Å². The van der Waals surface area contributed by atoms with E-state index in [0.29, 0.717) is 17.1 Å². The van der Waals surface area contributed by atoms with Crippen molar-refractivity contribution < 1.29 is 9.59 Å².